The van der Waals surface area contributed by atoms with E-state index in [1.807, 2.05) is 0 Å². The number of amides is 2. The Morgan fingerprint density at radius 1 is 0.681 bits per heavy atom. The molecule has 3 N–H and O–H groups in total. The molecule has 0 spiro atoms. The first-order chi connectivity index (χ1) is 31.4. The quantitative estimate of drug-likeness (QED) is 0.0213. The van der Waals surface area contributed by atoms with Crippen LogP contribution >= 0.6 is 0 Å². The number of methoxy groups -OCH3 is 2. The van der Waals surface area contributed by atoms with Crippen molar-refractivity contribution in [2.45, 2.75) is 131 Å². The number of alkyl halides is 17. The van der Waals surface area contributed by atoms with Gasteiger partial charge in [-0.1, -0.05) is 45.9 Å². The summed E-state index contributed by atoms with van der Waals surface area (Å²) in [7, 11) is -1.29. The summed E-state index contributed by atoms with van der Waals surface area (Å²) in [6, 6.07) is 10.5. The number of hydrogen-bond acceptors (Lipinski definition) is 8. The van der Waals surface area contributed by atoms with Crippen molar-refractivity contribution >= 4 is 26.0 Å². The van der Waals surface area contributed by atoms with Crippen molar-refractivity contribution in [2.75, 3.05) is 32.8 Å². The molecule has 0 aliphatic heterocycles. The number of ether oxygens (including phenoxy) is 4. The summed E-state index contributed by atoms with van der Waals surface area (Å²) in [4.78, 5) is 24.8. The summed E-state index contributed by atoms with van der Waals surface area (Å²) < 4.78 is 264. The third-order valence-corrected chi connectivity index (χ3v) is 16.8. The first-order valence-corrected chi connectivity index (χ1v) is 22.5. The van der Waals surface area contributed by atoms with Crippen LogP contribution in [-0.4, -0.2) is 107 Å². The first-order valence-electron chi connectivity index (χ1n) is 20.2. The van der Waals surface area contributed by atoms with Crippen LogP contribution in [0.2, 0.25) is 17.1 Å². The van der Waals surface area contributed by atoms with E-state index in [2.05, 4.69) is 5.32 Å². The summed E-state index contributed by atoms with van der Waals surface area (Å²) in [6.45, 7) is 5.65. The van der Waals surface area contributed by atoms with Crippen LogP contribution in [0.4, 0.5) is 85.1 Å². The van der Waals surface area contributed by atoms with Crippen LogP contribution in [0, 0.1) is 0 Å². The lowest BCUT2D eigenvalue weighted by molar-refractivity contribution is -0.461. The topological polar surface area (TPSA) is 125 Å². The lowest BCUT2D eigenvalue weighted by Gasteiger charge is -2.44. The molecule has 0 aromatic heterocycles. The molecule has 0 fully saturated rings. The summed E-state index contributed by atoms with van der Waals surface area (Å²) in [5.41, 5.74) is 0.477. The molecule has 0 aliphatic rings. The van der Waals surface area contributed by atoms with Gasteiger partial charge in [-0.05, 0) is 78.9 Å². The van der Waals surface area contributed by atoms with Gasteiger partial charge in [0, 0.05) is 24.8 Å². The van der Waals surface area contributed by atoms with Crippen molar-refractivity contribution in [3.8, 4) is 11.5 Å². The summed E-state index contributed by atoms with van der Waals surface area (Å²) in [6.07, 6.45) is -11.5. The molecule has 0 saturated heterocycles. The molecular weight excluding hydrogens is 1000 g/mol. The van der Waals surface area contributed by atoms with E-state index >= 15 is 8.78 Å². The second-order valence-corrected chi connectivity index (χ2v) is 21.0. The molecule has 0 saturated carbocycles. The van der Waals surface area contributed by atoms with Gasteiger partial charge in [-0.25, -0.2) is 10.3 Å². The van der Waals surface area contributed by atoms with E-state index < -0.39 is 117 Å². The normalized spacial score (nSPS) is 15.0. The van der Waals surface area contributed by atoms with Crippen molar-refractivity contribution in [2.24, 2.45) is 0 Å². The van der Waals surface area contributed by atoms with Crippen LogP contribution < -0.4 is 20.3 Å². The molecule has 394 valence electrons. The number of allylic oxidation sites excluding steroid dienone is 1. The van der Waals surface area contributed by atoms with Gasteiger partial charge in [-0.2, -0.15) is 74.6 Å². The predicted molar refractivity (Wildman–Crippen MR) is 214 cm³/mol. The van der Waals surface area contributed by atoms with Crippen LogP contribution in [0.3, 0.4) is 0 Å². The highest BCUT2D eigenvalue weighted by atomic mass is 28.4. The van der Waals surface area contributed by atoms with Crippen LogP contribution in [-0.2, 0) is 18.7 Å². The molecule has 10 nitrogen and oxygen atoms in total. The van der Waals surface area contributed by atoms with E-state index in [1.54, 1.807) is 12.1 Å². The standard InChI is InChI=1S/C41H49F17N2O8Si/c1-23(2)69(24(3)4,22-19-34(42,43)35(44,45)36(46,47)37(48,49)38(50,51)39(52,53)40(54,55)41(56,57)58)67-21-20-66-29-15-11-26(12-16-29)31(30(65-7)10-8-9-25(5)32(61)60-63)68-33(62)59-27-13-17-28(64-6)18-14-27/h9,11-18,23-24,30-31,63H,8,10,19-22H2,1-7H3,(H,59,62)(H,60,61)/b25-9+/t30-,31-/m1/s1. The highest BCUT2D eigenvalue weighted by molar-refractivity contribution is 6.76. The number of rotatable bonds is 26. The fourth-order valence-electron chi connectivity index (χ4n) is 6.83. The molecule has 69 heavy (non-hydrogen) atoms. The number of carbonyl (C=O) groups excluding carboxylic acids is 2. The Balaban J connectivity index is 2.33. The van der Waals surface area contributed by atoms with Crippen LogP contribution in [0.5, 0.6) is 11.5 Å². The number of halogens is 17. The minimum absolute atomic E-state index is 0.0809. The summed E-state index contributed by atoms with van der Waals surface area (Å²) in [5, 5.41) is 11.4. The SMILES string of the molecule is COc1ccc(NC(=O)O[C@H](c2ccc(OCCO[Si](CCC(F)(F)C(F)(F)C(F)(F)C(F)(F)C(F)(F)C(F)(F)C(F)(F)C(F)(F)F)(C(C)C)C(C)C)cc2)[C@@H](CC/C=C(\C)C(=O)NO)OC)cc1. The minimum atomic E-state index is -8.71. The lowest BCUT2D eigenvalue weighted by Crippen LogP contribution is -2.74. The van der Waals surface area contributed by atoms with Gasteiger partial charge in [0.15, 0.2) is 14.4 Å². The second kappa shape index (κ2) is 22.7. The van der Waals surface area contributed by atoms with E-state index in [0.717, 1.165) is 0 Å². The number of hydroxylamine groups is 1. The maximum atomic E-state index is 15.0. The Morgan fingerprint density at radius 2 is 1.16 bits per heavy atom. The molecule has 0 radical (unpaired) electrons. The molecule has 0 unspecified atom stereocenters. The van der Waals surface area contributed by atoms with E-state index in [4.69, 9.17) is 28.6 Å². The van der Waals surface area contributed by atoms with Gasteiger partial charge in [0.25, 0.3) is 5.91 Å². The molecule has 2 atom stereocenters. The Hall–Kier alpha value is -4.57. The summed E-state index contributed by atoms with van der Waals surface area (Å²) in [5.74, 6) is -57.1. The lowest BCUT2D eigenvalue weighted by atomic mass is 9.88. The van der Waals surface area contributed by atoms with Crippen molar-refractivity contribution in [3.63, 3.8) is 0 Å². The van der Waals surface area contributed by atoms with Gasteiger partial charge >= 0.3 is 53.7 Å². The molecule has 2 aromatic carbocycles. The average Bonchev–Trinajstić information content (AvgIpc) is 3.26. The molecular formula is C41H49F17N2O8Si. The van der Waals surface area contributed by atoms with Gasteiger partial charge in [0.05, 0.1) is 19.8 Å². The van der Waals surface area contributed by atoms with E-state index in [1.165, 1.54) is 96.8 Å². The number of carbonyl (C=O) groups is 2. The Kier molecular flexibility index (Phi) is 19.9. The Labute approximate surface area is 384 Å². The van der Waals surface area contributed by atoms with Gasteiger partial charge < -0.3 is 23.4 Å². The third kappa shape index (κ3) is 12.7. The number of anilines is 1. The van der Waals surface area contributed by atoms with Crippen LogP contribution in [0.25, 0.3) is 0 Å². The Morgan fingerprint density at radius 3 is 1.61 bits per heavy atom. The maximum absolute atomic E-state index is 15.0. The minimum Gasteiger partial charge on any atom is -0.497 e. The highest BCUT2D eigenvalue weighted by Gasteiger charge is 2.95. The van der Waals surface area contributed by atoms with Crippen molar-refractivity contribution < 1.29 is 113 Å². The second-order valence-electron chi connectivity index (χ2n) is 16.0. The smallest absolute Gasteiger partial charge is 0.460 e. The zero-order chi connectivity index (χ0) is 53.4. The first kappa shape index (κ1) is 60.5. The van der Waals surface area contributed by atoms with Crippen molar-refractivity contribution in [1.29, 1.82) is 0 Å². The number of hydrogen-bond donors (Lipinski definition) is 3. The Bertz CT molecular complexity index is 2010. The van der Waals surface area contributed by atoms with Crippen LogP contribution in [0.1, 0.15) is 65.5 Å². The fraction of sp³-hybridized carbons (Fsp3) is 0.610. The van der Waals surface area contributed by atoms with Gasteiger partial charge in [-0.3, -0.25) is 15.3 Å². The maximum Gasteiger partial charge on any atom is 0.460 e. The van der Waals surface area contributed by atoms with Gasteiger partial charge in [-0.15, -0.1) is 0 Å². The van der Waals surface area contributed by atoms with Crippen molar-refractivity contribution in [1.82, 2.24) is 5.48 Å². The number of nitrogens with one attached hydrogen (secondary N) is 2. The molecule has 2 amide bonds. The molecule has 0 heterocycles. The van der Waals surface area contributed by atoms with Gasteiger partial charge in [0.1, 0.15) is 18.1 Å². The molecule has 28 heteroatoms. The monoisotopic (exact) mass is 1050 g/mol. The number of benzene rings is 2. The average molecular weight is 1050 g/mol. The fourth-order valence-corrected chi connectivity index (χ4v) is 11.3. The molecule has 0 bridgehead atoms. The molecule has 2 rings (SSSR count). The summed E-state index contributed by atoms with van der Waals surface area (Å²) >= 11 is 0. The largest absolute Gasteiger partial charge is 0.497 e. The zero-order valence-electron chi connectivity index (χ0n) is 37.5. The van der Waals surface area contributed by atoms with Crippen molar-refractivity contribution in [3.05, 3.63) is 65.7 Å². The van der Waals surface area contributed by atoms with E-state index in [9.17, 15) is 75.4 Å². The molecule has 0 aliphatic carbocycles. The van der Waals surface area contributed by atoms with E-state index in [0.29, 0.717) is 17.0 Å². The third-order valence-electron chi connectivity index (χ3n) is 11.1. The van der Waals surface area contributed by atoms with Crippen LogP contribution in [0.15, 0.2) is 60.2 Å². The molecule has 2 aromatic rings. The predicted octanol–water partition coefficient (Wildman–Crippen LogP) is 12.8. The van der Waals surface area contributed by atoms with Gasteiger partial charge in [0.2, 0.25) is 0 Å². The van der Waals surface area contributed by atoms with E-state index in [-0.39, 0.29) is 24.2 Å². The zero-order valence-corrected chi connectivity index (χ0v) is 38.5. The highest BCUT2D eigenvalue weighted by Crippen LogP contribution is 2.64.